The van der Waals surface area contributed by atoms with E-state index in [1.54, 1.807) is 0 Å². The molecule has 0 heterocycles. The van der Waals surface area contributed by atoms with E-state index in [-0.39, 0.29) is 0 Å². The van der Waals surface area contributed by atoms with Crippen molar-refractivity contribution in [2.45, 2.75) is 52.4 Å². The molecule has 2 heteroatoms. The monoisotopic (exact) mass is 198 g/mol. The van der Waals surface area contributed by atoms with E-state index in [9.17, 15) is 4.79 Å². The van der Waals surface area contributed by atoms with Gasteiger partial charge in [0.1, 0.15) is 0 Å². The molecule has 1 N–H and O–H groups in total. The zero-order valence-electron chi connectivity index (χ0n) is 9.33. The molecule has 0 spiro atoms. The summed E-state index contributed by atoms with van der Waals surface area (Å²) in [7, 11) is 0. The molecule has 1 aliphatic rings. The summed E-state index contributed by atoms with van der Waals surface area (Å²) in [4.78, 5) is 10.4. The van der Waals surface area contributed by atoms with Crippen molar-refractivity contribution in [1.82, 2.24) is 0 Å². The molecule has 1 fully saturated rings. The number of hydrogen-bond donors (Lipinski definition) is 1. The fraction of sp³-hybridized carbons (Fsp3) is 0.917. The van der Waals surface area contributed by atoms with Crippen molar-refractivity contribution in [1.29, 1.82) is 0 Å². The molecule has 0 aromatic carbocycles. The van der Waals surface area contributed by atoms with Crippen LogP contribution in [0.1, 0.15) is 52.4 Å². The summed E-state index contributed by atoms with van der Waals surface area (Å²) in [6.45, 7) is 4.59. The minimum absolute atomic E-state index is 0.358. The van der Waals surface area contributed by atoms with Crippen molar-refractivity contribution >= 4 is 5.97 Å². The van der Waals surface area contributed by atoms with Crippen molar-refractivity contribution in [3.63, 3.8) is 0 Å². The smallest absolute Gasteiger partial charge is 0.303 e. The van der Waals surface area contributed by atoms with E-state index < -0.39 is 5.97 Å². The van der Waals surface area contributed by atoms with Crippen LogP contribution in [-0.4, -0.2) is 11.1 Å². The predicted octanol–water partition coefficient (Wildman–Crippen LogP) is 3.31. The Hall–Kier alpha value is -0.530. The average molecular weight is 198 g/mol. The molecule has 0 saturated heterocycles. The second-order valence-electron chi connectivity index (χ2n) is 4.96. The van der Waals surface area contributed by atoms with E-state index in [0.29, 0.717) is 12.3 Å². The highest BCUT2D eigenvalue weighted by Gasteiger charge is 2.23. The molecule has 0 unspecified atom stereocenters. The maximum absolute atomic E-state index is 10.4. The van der Waals surface area contributed by atoms with Gasteiger partial charge in [0, 0.05) is 6.42 Å². The van der Waals surface area contributed by atoms with Crippen LogP contribution >= 0.6 is 0 Å². The first kappa shape index (κ1) is 11.5. The van der Waals surface area contributed by atoms with Gasteiger partial charge in [-0.05, 0) is 37.0 Å². The van der Waals surface area contributed by atoms with Crippen LogP contribution in [-0.2, 0) is 4.79 Å². The Labute approximate surface area is 86.7 Å². The summed E-state index contributed by atoms with van der Waals surface area (Å²) in [6.07, 6.45) is 6.35. The van der Waals surface area contributed by atoms with Gasteiger partial charge in [-0.2, -0.15) is 0 Å². The number of aliphatic carboxylic acids is 1. The topological polar surface area (TPSA) is 37.3 Å². The van der Waals surface area contributed by atoms with Crippen LogP contribution < -0.4 is 0 Å². The molecule has 0 radical (unpaired) electrons. The van der Waals surface area contributed by atoms with Crippen LogP contribution in [0.25, 0.3) is 0 Å². The Bertz CT molecular complexity index is 179. The van der Waals surface area contributed by atoms with Gasteiger partial charge >= 0.3 is 5.97 Å². The number of carboxylic acids is 1. The molecule has 0 aromatic heterocycles. The maximum Gasteiger partial charge on any atom is 0.303 e. The van der Waals surface area contributed by atoms with Crippen molar-refractivity contribution in [3.8, 4) is 0 Å². The first-order chi connectivity index (χ1) is 6.59. The molecular formula is C12H22O2. The van der Waals surface area contributed by atoms with Crippen LogP contribution in [0.2, 0.25) is 0 Å². The van der Waals surface area contributed by atoms with E-state index in [2.05, 4.69) is 13.8 Å². The van der Waals surface area contributed by atoms with Gasteiger partial charge in [0.15, 0.2) is 0 Å². The number of carboxylic acid groups (broad SMARTS) is 1. The molecule has 1 aliphatic carbocycles. The molecule has 82 valence electrons. The summed E-state index contributed by atoms with van der Waals surface area (Å²) in [5.41, 5.74) is 0. The van der Waals surface area contributed by atoms with E-state index in [4.69, 9.17) is 5.11 Å². The van der Waals surface area contributed by atoms with Crippen molar-refractivity contribution in [2.24, 2.45) is 17.8 Å². The van der Waals surface area contributed by atoms with Gasteiger partial charge in [-0.3, -0.25) is 4.79 Å². The lowest BCUT2D eigenvalue weighted by atomic mass is 9.76. The van der Waals surface area contributed by atoms with Crippen molar-refractivity contribution < 1.29 is 9.90 Å². The van der Waals surface area contributed by atoms with Gasteiger partial charge in [-0.1, -0.05) is 26.7 Å². The summed E-state index contributed by atoms with van der Waals surface area (Å²) >= 11 is 0. The zero-order chi connectivity index (χ0) is 10.6. The second-order valence-corrected chi connectivity index (χ2v) is 4.96. The van der Waals surface area contributed by atoms with Gasteiger partial charge in [-0.25, -0.2) is 0 Å². The Morgan fingerprint density at radius 3 is 2.29 bits per heavy atom. The Morgan fingerprint density at radius 2 is 1.86 bits per heavy atom. The molecule has 1 saturated carbocycles. The third kappa shape index (κ3) is 3.69. The largest absolute Gasteiger partial charge is 0.481 e. The van der Waals surface area contributed by atoms with Crippen LogP contribution in [0, 0.1) is 17.8 Å². The number of hydrogen-bond acceptors (Lipinski definition) is 1. The van der Waals surface area contributed by atoms with Gasteiger partial charge in [0.05, 0.1) is 0 Å². The standard InChI is InChI=1S/C12H22O2/c1-9(2)11-6-3-10(4-7-11)5-8-12(13)14/h9-11H,3-8H2,1-2H3,(H,13,14). The first-order valence-corrected chi connectivity index (χ1v) is 5.81. The first-order valence-electron chi connectivity index (χ1n) is 5.81. The minimum Gasteiger partial charge on any atom is -0.481 e. The van der Waals surface area contributed by atoms with E-state index >= 15 is 0 Å². The summed E-state index contributed by atoms with van der Waals surface area (Å²) in [6, 6.07) is 0. The maximum atomic E-state index is 10.4. The van der Waals surface area contributed by atoms with E-state index in [1.807, 2.05) is 0 Å². The number of carbonyl (C=O) groups is 1. The Kier molecular flexibility index (Phi) is 4.43. The molecule has 1 rings (SSSR count). The lowest BCUT2D eigenvalue weighted by Gasteiger charge is -2.30. The minimum atomic E-state index is -0.643. The molecule has 0 atom stereocenters. The van der Waals surface area contributed by atoms with Gasteiger partial charge in [0.25, 0.3) is 0 Å². The summed E-state index contributed by atoms with van der Waals surface area (Å²) in [5, 5.41) is 8.58. The molecule has 0 aromatic rings. The Balaban J connectivity index is 2.19. The lowest BCUT2D eigenvalue weighted by molar-refractivity contribution is -0.137. The highest BCUT2D eigenvalue weighted by Crippen LogP contribution is 2.35. The number of rotatable bonds is 4. The van der Waals surface area contributed by atoms with Crippen molar-refractivity contribution in [3.05, 3.63) is 0 Å². The molecular weight excluding hydrogens is 176 g/mol. The fourth-order valence-electron chi connectivity index (χ4n) is 2.47. The van der Waals surface area contributed by atoms with Crippen LogP contribution in [0.3, 0.4) is 0 Å². The van der Waals surface area contributed by atoms with Gasteiger partial charge in [-0.15, -0.1) is 0 Å². The SMILES string of the molecule is CC(C)C1CCC(CCC(=O)O)CC1. The molecule has 2 nitrogen and oxygen atoms in total. The second kappa shape index (κ2) is 5.38. The third-order valence-corrected chi connectivity index (χ3v) is 3.60. The quantitative estimate of drug-likeness (QED) is 0.752. The molecule has 0 aliphatic heterocycles. The van der Waals surface area contributed by atoms with Crippen molar-refractivity contribution in [2.75, 3.05) is 0 Å². The highest BCUT2D eigenvalue weighted by atomic mass is 16.4. The zero-order valence-corrected chi connectivity index (χ0v) is 9.33. The van der Waals surface area contributed by atoms with Crippen LogP contribution in [0.4, 0.5) is 0 Å². The normalized spacial score (nSPS) is 27.9. The fourth-order valence-corrected chi connectivity index (χ4v) is 2.47. The predicted molar refractivity (Wildman–Crippen MR) is 57.2 cm³/mol. The Morgan fingerprint density at radius 1 is 1.29 bits per heavy atom. The molecule has 14 heavy (non-hydrogen) atoms. The highest BCUT2D eigenvalue weighted by molar-refractivity contribution is 5.66. The van der Waals surface area contributed by atoms with Gasteiger partial charge in [0.2, 0.25) is 0 Å². The summed E-state index contributed by atoms with van der Waals surface area (Å²) < 4.78 is 0. The van der Waals surface area contributed by atoms with E-state index in [1.165, 1.54) is 25.7 Å². The van der Waals surface area contributed by atoms with Gasteiger partial charge < -0.3 is 5.11 Å². The summed E-state index contributed by atoms with van der Waals surface area (Å²) in [5.74, 6) is 1.73. The third-order valence-electron chi connectivity index (χ3n) is 3.60. The average Bonchev–Trinajstić information content (AvgIpc) is 2.15. The molecule has 0 bridgehead atoms. The molecule has 0 amide bonds. The lowest BCUT2D eigenvalue weighted by Crippen LogP contribution is -2.19. The van der Waals surface area contributed by atoms with Crippen LogP contribution in [0.15, 0.2) is 0 Å². The van der Waals surface area contributed by atoms with Crippen LogP contribution in [0.5, 0.6) is 0 Å². The van der Waals surface area contributed by atoms with E-state index in [0.717, 1.165) is 18.3 Å².